The van der Waals surface area contributed by atoms with E-state index in [4.69, 9.17) is 11.6 Å². The fourth-order valence-corrected chi connectivity index (χ4v) is 4.65. The van der Waals surface area contributed by atoms with Gasteiger partial charge >= 0.3 is 6.03 Å². The SMILES string of the molecule is C[C@H]1CC(C)(C)C[C@]2(C1)NC(=O)N(CC(=O)Nc1ccc(Cl)cc1)C2=O. The lowest BCUT2D eigenvalue weighted by Gasteiger charge is -2.43. The standard InChI is InChI=1S/C19H24ClN3O3/c1-12-8-18(2,3)11-19(9-12)16(25)23(17(26)22-19)10-15(24)21-14-6-4-13(20)5-7-14/h4-7,12H,8-11H2,1-3H3,(H,21,24)(H,22,26)/t12-,19-/m0/s1. The molecule has 1 saturated carbocycles. The molecule has 2 fully saturated rings. The molecule has 6 nitrogen and oxygen atoms in total. The maximum atomic E-state index is 13.0. The third-order valence-corrected chi connectivity index (χ3v) is 5.31. The molecule has 4 amide bonds. The molecule has 26 heavy (non-hydrogen) atoms. The Morgan fingerprint density at radius 1 is 1.27 bits per heavy atom. The molecule has 1 spiro atoms. The highest BCUT2D eigenvalue weighted by molar-refractivity contribution is 6.30. The van der Waals surface area contributed by atoms with E-state index in [2.05, 4.69) is 31.4 Å². The summed E-state index contributed by atoms with van der Waals surface area (Å²) in [5.74, 6) is -0.393. The van der Waals surface area contributed by atoms with Gasteiger partial charge < -0.3 is 10.6 Å². The second kappa shape index (κ2) is 6.58. The number of nitrogens with one attached hydrogen (secondary N) is 2. The van der Waals surface area contributed by atoms with Crippen molar-refractivity contribution in [3.63, 3.8) is 0 Å². The minimum Gasteiger partial charge on any atom is -0.325 e. The Kier molecular flexibility index (Phi) is 4.73. The van der Waals surface area contributed by atoms with Crippen LogP contribution in [0.15, 0.2) is 24.3 Å². The molecule has 1 heterocycles. The van der Waals surface area contributed by atoms with Gasteiger partial charge in [0.2, 0.25) is 5.91 Å². The summed E-state index contributed by atoms with van der Waals surface area (Å²) in [6.07, 6.45) is 2.20. The Bertz CT molecular complexity index is 747. The van der Waals surface area contributed by atoms with Crippen LogP contribution in [0.2, 0.25) is 5.02 Å². The van der Waals surface area contributed by atoms with E-state index in [-0.39, 0.29) is 17.9 Å². The molecular weight excluding hydrogens is 354 g/mol. The third kappa shape index (κ3) is 3.70. The fraction of sp³-hybridized carbons (Fsp3) is 0.526. The number of benzene rings is 1. The highest BCUT2D eigenvalue weighted by Gasteiger charge is 2.56. The van der Waals surface area contributed by atoms with Gasteiger partial charge in [-0.15, -0.1) is 0 Å². The van der Waals surface area contributed by atoms with Gasteiger partial charge in [-0.05, 0) is 54.9 Å². The van der Waals surface area contributed by atoms with E-state index in [1.54, 1.807) is 24.3 Å². The second-order valence-corrected chi connectivity index (χ2v) is 8.75. The van der Waals surface area contributed by atoms with Crippen molar-refractivity contribution in [1.29, 1.82) is 0 Å². The summed E-state index contributed by atoms with van der Waals surface area (Å²) >= 11 is 5.82. The van der Waals surface area contributed by atoms with Crippen molar-refractivity contribution in [1.82, 2.24) is 10.2 Å². The number of imide groups is 1. The zero-order valence-electron chi connectivity index (χ0n) is 15.3. The zero-order chi connectivity index (χ0) is 19.1. The summed E-state index contributed by atoms with van der Waals surface area (Å²) in [5, 5.41) is 6.12. The molecule has 1 aromatic carbocycles. The highest BCUT2D eigenvalue weighted by atomic mass is 35.5. The summed E-state index contributed by atoms with van der Waals surface area (Å²) in [4.78, 5) is 38.7. The van der Waals surface area contributed by atoms with Crippen LogP contribution < -0.4 is 10.6 Å². The lowest BCUT2D eigenvalue weighted by atomic mass is 9.64. The number of urea groups is 1. The van der Waals surface area contributed by atoms with Gasteiger partial charge in [-0.25, -0.2) is 4.79 Å². The Morgan fingerprint density at radius 3 is 2.54 bits per heavy atom. The first-order chi connectivity index (χ1) is 12.1. The number of amides is 4. The molecule has 2 N–H and O–H groups in total. The van der Waals surface area contributed by atoms with E-state index in [1.807, 2.05) is 0 Å². The summed E-state index contributed by atoms with van der Waals surface area (Å²) in [6, 6.07) is 6.15. The van der Waals surface area contributed by atoms with E-state index in [9.17, 15) is 14.4 Å². The molecule has 2 atom stereocenters. The van der Waals surface area contributed by atoms with E-state index in [0.717, 1.165) is 11.3 Å². The molecule has 140 valence electrons. The molecule has 1 aliphatic heterocycles. The van der Waals surface area contributed by atoms with Crippen LogP contribution in [0.4, 0.5) is 10.5 Å². The molecule has 7 heteroatoms. The van der Waals surface area contributed by atoms with Gasteiger partial charge in [0, 0.05) is 10.7 Å². The van der Waals surface area contributed by atoms with Crippen molar-refractivity contribution < 1.29 is 14.4 Å². The van der Waals surface area contributed by atoms with Crippen molar-refractivity contribution >= 4 is 35.1 Å². The lowest BCUT2D eigenvalue weighted by Crippen LogP contribution is -2.54. The number of carbonyl (C=O) groups is 3. The van der Waals surface area contributed by atoms with Crippen LogP contribution in [-0.2, 0) is 9.59 Å². The van der Waals surface area contributed by atoms with Gasteiger partial charge in [-0.1, -0.05) is 32.4 Å². The van der Waals surface area contributed by atoms with E-state index < -0.39 is 17.5 Å². The number of anilines is 1. The van der Waals surface area contributed by atoms with Crippen molar-refractivity contribution in [2.75, 3.05) is 11.9 Å². The summed E-state index contributed by atoms with van der Waals surface area (Å²) < 4.78 is 0. The number of hydrogen-bond donors (Lipinski definition) is 2. The summed E-state index contributed by atoms with van der Waals surface area (Å²) in [7, 11) is 0. The first kappa shape index (κ1) is 18.7. The van der Waals surface area contributed by atoms with Crippen molar-refractivity contribution in [3.05, 3.63) is 29.3 Å². The van der Waals surface area contributed by atoms with Crippen LogP contribution in [0.5, 0.6) is 0 Å². The minimum atomic E-state index is -0.890. The zero-order valence-corrected chi connectivity index (χ0v) is 16.0. The Balaban J connectivity index is 1.71. The Labute approximate surface area is 158 Å². The number of nitrogens with zero attached hydrogens (tertiary/aromatic N) is 1. The highest BCUT2D eigenvalue weighted by Crippen LogP contribution is 2.46. The number of carbonyl (C=O) groups excluding carboxylic acids is 3. The number of hydrogen-bond acceptors (Lipinski definition) is 3. The first-order valence-corrected chi connectivity index (χ1v) is 9.18. The van der Waals surface area contributed by atoms with Gasteiger partial charge in [0.15, 0.2) is 0 Å². The topological polar surface area (TPSA) is 78.5 Å². The van der Waals surface area contributed by atoms with E-state index in [0.29, 0.717) is 29.5 Å². The van der Waals surface area contributed by atoms with Gasteiger partial charge in [-0.2, -0.15) is 0 Å². The van der Waals surface area contributed by atoms with Gasteiger partial charge in [-0.3, -0.25) is 14.5 Å². The van der Waals surface area contributed by atoms with Gasteiger partial charge in [0.1, 0.15) is 12.1 Å². The van der Waals surface area contributed by atoms with Crippen molar-refractivity contribution in [3.8, 4) is 0 Å². The van der Waals surface area contributed by atoms with Crippen LogP contribution >= 0.6 is 11.6 Å². The second-order valence-electron chi connectivity index (χ2n) is 8.31. The number of halogens is 1. The Hall–Kier alpha value is -2.08. The van der Waals surface area contributed by atoms with E-state index in [1.165, 1.54) is 0 Å². The lowest BCUT2D eigenvalue weighted by molar-refractivity contribution is -0.136. The van der Waals surface area contributed by atoms with Crippen LogP contribution in [0, 0.1) is 11.3 Å². The van der Waals surface area contributed by atoms with Crippen LogP contribution in [0.25, 0.3) is 0 Å². The Morgan fingerprint density at radius 2 is 1.92 bits per heavy atom. The molecule has 1 saturated heterocycles. The molecule has 0 bridgehead atoms. The normalized spacial score (nSPS) is 27.5. The minimum absolute atomic E-state index is 0.0395. The largest absolute Gasteiger partial charge is 0.325 e. The quantitative estimate of drug-likeness (QED) is 0.792. The molecule has 2 aliphatic rings. The molecule has 1 aliphatic carbocycles. The van der Waals surface area contributed by atoms with Gasteiger partial charge in [0.25, 0.3) is 5.91 Å². The summed E-state index contributed by atoms with van der Waals surface area (Å²) in [5.41, 5.74) is -0.366. The average molecular weight is 378 g/mol. The number of rotatable bonds is 3. The molecule has 0 unspecified atom stereocenters. The molecule has 1 aromatic rings. The third-order valence-electron chi connectivity index (χ3n) is 5.05. The molecule has 0 radical (unpaired) electrons. The molecular formula is C19H24ClN3O3. The maximum Gasteiger partial charge on any atom is 0.325 e. The van der Waals surface area contributed by atoms with Crippen LogP contribution in [-0.4, -0.2) is 34.8 Å². The van der Waals surface area contributed by atoms with E-state index >= 15 is 0 Å². The predicted molar refractivity (Wildman–Crippen MR) is 99.9 cm³/mol. The predicted octanol–water partition coefficient (Wildman–Crippen LogP) is 3.42. The monoisotopic (exact) mass is 377 g/mol. The smallest absolute Gasteiger partial charge is 0.325 e. The van der Waals surface area contributed by atoms with Gasteiger partial charge in [0.05, 0.1) is 0 Å². The average Bonchev–Trinajstić information content (AvgIpc) is 2.71. The van der Waals surface area contributed by atoms with Crippen LogP contribution in [0.3, 0.4) is 0 Å². The summed E-state index contributed by atoms with van der Waals surface area (Å²) in [6.45, 7) is 6.02. The van der Waals surface area contributed by atoms with Crippen molar-refractivity contribution in [2.24, 2.45) is 11.3 Å². The van der Waals surface area contributed by atoms with Crippen molar-refractivity contribution in [2.45, 2.75) is 45.6 Å². The first-order valence-electron chi connectivity index (χ1n) is 8.80. The molecule has 3 rings (SSSR count). The maximum absolute atomic E-state index is 13.0. The molecule has 0 aromatic heterocycles. The fourth-order valence-electron chi connectivity index (χ4n) is 4.53. The van der Waals surface area contributed by atoms with Crippen LogP contribution in [0.1, 0.15) is 40.0 Å².